The molecular weight excluding hydrogens is 288 g/mol. The average molecular weight is 310 g/mol. The summed E-state index contributed by atoms with van der Waals surface area (Å²) in [5.41, 5.74) is 2.79. The molecule has 0 radical (unpaired) electrons. The SMILES string of the molecule is CCCCCNc1cccc2c1C(=O)c1ccccc1C2=O.N. The maximum absolute atomic E-state index is 12.8. The van der Waals surface area contributed by atoms with Crippen LogP contribution in [0.15, 0.2) is 42.5 Å². The molecule has 0 bridgehead atoms. The Hall–Kier alpha value is -2.46. The van der Waals surface area contributed by atoms with Gasteiger partial charge < -0.3 is 11.5 Å². The molecule has 2 aromatic rings. The highest BCUT2D eigenvalue weighted by molar-refractivity contribution is 6.30. The summed E-state index contributed by atoms with van der Waals surface area (Å²) in [6.45, 7) is 2.97. The first-order chi connectivity index (χ1) is 10.7. The first kappa shape index (κ1) is 16.9. The van der Waals surface area contributed by atoms with Crippen LogP contribution in [0.3, 0.4) is 0 Å². The van der Waals surface area contributed by atoms with E-state index < -0.39 is 0 Å². The molecule has 120 valence electrons. The van der Waals surface area contributed by atoms with E-state index in [1.807, 2.05) is 12.1 Å². The zero-order chi connectivity index (χ0) is 15.5. The van der Waals surface area contributed by atoms with Gasteiger partial charge in [-0.05, 0) is 12.5 Å². The van der Waals surface area contributed by atoms with E-state index in [9.17, 15) is 9.59 Å². The fourth-order valence-electron chi connectivity index (χ4n) is 2.89. The largest absolute Gasteiger partial charge is 0.384 e. The van der Waals surface area contributed by atoms with E-state index in [4.69, 9.17) is 0 Å². The van der Waals surface area contributed by atoms with Crippen LogP contribution in [0, 0.1) is 0 Å². The van der Waals surface area contributed by atoms with Gasteiger partial charge in [-0.3, -0.25) is 9.59 Å². The highest BCUT2D eigenvalue weighted by atomic mass is 16.1. The van der Waals surface area contributed by atoms with Gasteiger partial charge in [-0.25, -0.2) is 0 Å². The van der Waals surface area contributed by atoms with Crippen molar-refractivity contribution in [1.82, 2.24) is 6.15 Å². The molecule has 0 saturated carbocycles. The van der Waals surface area contributed by atoms with E-state index in [0.717, 1.165) is 31.5 Å². The van der Waals surface area contributed by atoms with E-state index in [1.165, 1.54) is 0 Å². The van der Waals surface area contributed by atoms with Crippen molar-refractivity contribution >= 4 is 17.3 Å². The number of carbonyl (C=O) groups is 2. The molecule has 1 aliphatic rings. The molecule has 0 heterocycles. The van der Waals surface area contributed by atoms with Crippen molar-refractivity contribution in [2.45, 2.75) is 26.2 Å². The fourth-order valence-corrected chi connectivity index (χ4v) is 2.89. The van der Waals surface area contributed by atoms with Gasteiger partial charge in [-0.15, -0.1) is 0 Å². The van der Waals surface area contributed by atoms with Crippen molar-refractivity contribution in [1.29, 1.82) is 0 Å². The number of carbonyl (C=O) groups excluding carboxylic acids is 2. The Morgan fingerprint density at radius 2 is 1.48 bits per heavy atom. The zero-order valence-electron chi connectivity index (χ0n) is 13.4. The zero-order valence-corrected chi connectivity index (χ0v) is 13.4. The summed E-state index contributed by atoms with van der Waals surface area (Å²) < 4.78 is 0. The van der Waals surface area contributed by atoms with Crippen molar-refractivity contribution in [3.8, 4) is 0 Å². The summed E-state index contributed by atoms with van der Waals surface area (Å²) >= 11 is 0. The van der Waals surface area contributed by atoms with Crippen molar-refractivity contribution in [3.63, 3.8) is 0 Å². The van der Waals surface area contributed by atoms with E-state index >= 15 is 0 Å². The minimum Gasteiger partial charge on any atom is -0.384 e. The summed E-state index contributed by atoms with van der Waals surface area (Å²) in [4.78, 5) is 25.4. The molecule has 0 unspecified atom stereocenters. The monoisotopic (exact) mass is 310 g/mol. The molecule has 2 aromatic carbocycles. The van der Waals surface area contributed by atoms with Gasteiger partial charge in [0.1, 0.15) is 0 Å². The average Bonchev–Trinajstić information content (AvgIpc) is 2.56. The van der Waals surface area contributed by atoms with Gasteiger partial charge in [0.2, 0.25) is 0 Å². The molecule has 0 aromatic heterocycles. The smallest absolute Gasteiger partial charge is 0.196 e. The van der Waals surface area contributed by atoms with Gasteiger partial charge in [0.15, 0.2) is 11.6 Å². The van der Waals surface area contributed by atoms with Gasteiger partial charge in [0, 0.05) is 28.9 Å². The number of benzene rings is 2. The molecule has 23 heavy (non-hydrogen) atoms. The van der Waals surface area contributed by atoms with Crippen LogP contribution < -0.4 is 11.5 Å². The lowest BCUT2D eigenvalue weighted by molar-refractivity contribution is 0.0979. The van der Waals surface area contributed by atoms with Crippen LogP contribution in [0.1, 0.15) is 58.0 Å². The predicted molar refractivity (Wildman–Crippen MR) is 92.8 cm³/mol. The van der Waals surface area contributed by atoms with Crippen molar-refractivity contribution in [2.75, 3.05) is 11.9 Å². The van der Waals surface area contributed by atoms with Gasteiger partial charge in [-0.2, -0.15) is 0 Å². The molecule has 3 rings (SSSR count). The van der Waals surface area contributed by atoms with Crippen LogP contribution in [-0.4, -0.2) is 18.1 Å². The van der Waals surface area contributed by atoms with Gasteiger partial charge in [0.25, 0.3) is 0 Å². The first-order valence-electron chi connectivity index (χ1n) is 7.79. The van der Waals surface area contributed by atoms with Crippen molar-refractivity contribution in [3.05, 3.63) is 64.7 Å². The van der Waals surface area contributed by atoms with Crippen molar-refractivity contribution in [2.24, 2.45) is 0 Å². The Morgan fingerprint density at radius 1 is 0.826 bits per heavy atom. The minimum atomic E-state index is -0.0672. The van der Waals surface area contributed by atoms with Crippen LogP contribution in [0.4, 0.5) is 5.69 Å². The number of hydrogen-bond acceptors (Lipinski definition) is 4. The highest BCUT2D eigenvalue weighted by Crippen LogP contribution is 2.31. The predicted octanol–water partition coefficient (Wildman–Crippen LogP) is 4.23. The second-order valence-corrected chi connectivity index (χ2v) is 5.57. The lowest BCUT2D eigenvalue weighted by Gasteiger charge is -2.20. The number of ketones is 2. The minimum absolute atomic E-state index is 0. The molecule has 0 amide bonds. The summed E-state index contributed by atoms with van der Waals surface area (Å²) in [6.07, 6.45) is 3.36. The van der Waals surface area contributed by atoms with E-state index in [2.05, 4.69) is 12.2 Å². The Morgan fingerprint density at radius 3 is 2.17 bits per heavy atom. The number of hydrogen-bond donors (Lipinski definition) is 2. The standard InChI is InChI=1S/C19H19NO2.H3N/c1-2-3-6-12-20-16-11-7-10-15-17(16)19(22)14-9-5-4-8-13(14)18(15)21;/h4-5,7-11,20H,2-3,6,12H2,1H3;1H3. The molecular formula is C19H22N2O2. The second kappa shape index (κ2) is 7.20. The Balaban J connectivity index is 0.00000192. The van der Waals surface area contributed by atoms with Gasteiger partial charge in [0.05, 0.1) is 5.56 Å². The van der Waals surface area contributed by atoms with E-state index in [-0.39, 0.29) is 17.7 Å². The second-order valence-electron chi connectivity index (χ2n) is 5.57. The fraction of sp³-hybridized carbons (Fsp3) is 0.263. The molecule has 0 saturated heterocycles. The maximum Gasteiger partial charge on any atom is 0.196 e. The Labute approximate surface area is 136 Å². The Kier molecular flexibility index (Phi) is 5.29. The molecule has 4 nitrogen and oxygen atoms in total. The number of nitrogens with one attached hydrogen (secondary N) is 1. The van der Waals surface area contributed by atoms with Crippen LogP contribution in [-0.2, 0) is 0 Å². The quantitative estimate of drug-likeness (QED) is 0.691. The molecule has 1 aliphatic carbocycles. The molecule has 0 spiro atoms. The lowest BCUT2D eigenvalue weighted by Crippen LogP contribution is -2.22. The van der Waals surface area contributed by atoms with Crippen LogP contribution >= 0.6 is 0 Å². The first-order valence-corrected chi connectivity index (χ1v) is 7.79. The number of fused-ring (bicyclic) bond motifs is 2. The topological polar surface area (TPSA) is 81.2 Å². The molecule has 0 aliphatic heterocycles. The maximum atomic E-state index is 12.8. The van der Waals surface area contributed by atoms with Gasteiger partial charge >= 0.3 is 0 Å². The van der Waals surface area contributed by atoms with E-state index in [1.54, 1.807) is 30.3 Å². The number of rotatable bonds is 5. The van der Waals surface area contributed by atoms with E-state index in [0.29, 0.717) is 22.3 Å². The van der Waals surface area contributed by atoms with Crippen LogP contribution in [0.25, 0.3) is 0 Å². The van der Waals surface area contributed by atoms with Crippen LogP contribution in [0.2, 0.25) is 0 Å². The summed E-state index contributed by atoms with van der Waals surface area (Å²) in [5, 5.41) is 3.32. The normalized spacial score (nSPS) is 12.2. The molecule has 4 heteroatoms. The highest BCUT2D eigenvalue weighted by Gasteiger charge is 2.31. The molecule has 0 fully saturated rings. The third-order valence-corrected chi connectivity index (χ3v) is 4.05. The lowest BCUT2D eigenvalue weighted by atomic mass is 9.83. The van der Waals surface area contributed by atoms with Crippen molar-refractivity contribution < 1.29 is 9.59 Å². The van der Waals surface area contributed by atoms with Gasteiger partial charge in [-0.1, -0.05) is 56.2 Å². The number of anilines is 1. The number of unbranched alkanes of at least 4 members (excludes halogenated alkanes) is 2. The molecule has 4 N–H and O–H groups in total. The van der Waals surface area contributed by atoms with Crippen LogP contribution in [0.5, 0.6) is 0 Å². The summed E-state index contributed by atoms with van der Waals surface area (Å²) in [5.74, 6) is -0.133. The third kappa shape index (κ3) is 3.03. The summed E-state index contributed by atoms with van der Waals surface area (Å²) in [6, 6.07) is 12.5. The molecule has 0 atom stereocenters. The third-order valence-electron chi connectivity index (χ3n) is 4.05. The Bertz CT molecular complexity index is 738. The summed E-state index contributed by atoms with van der Waals surface area (Å²) in [7, 11) is 0.